The molecular weight excluding hydrogens is 228 g/mol. The van der Waals surface area contributed by atoms with Gasteiger partial charge in [0.05, 0.1) is 5.69 Å². The lowest BCUT2D eigenvalue weighted by atomic mass is 9.99. The van der Waals surface area contributed by atoms with E-state index in [0.29, 0.717) is 24.4 Å². The Kier molecular flexibility index (Phi) is 3.07. The number of amides is 1. The van der Waals surface area contributed by atoms with E-state index < -0.39 is 0 Å². The van der Waals surface area contributed by atoms with Gasteiger partial charge in [-0.2, -0.15) is 5.10 Å². The van der Waals surface area contributed by atoms with Crippen LogP contribution in [0.4, 0.5) is 0 Å². The molecule has 2 aliphatic heterocycles. The summed E-state index contributed by atoms with van der Waals surface area (Å²) < 4.78 is 1.81. The normalized spacial score (nSPS) is 27.6. The first-order valence-corrected chi connectivity index (χ1v) is 6.75. The smallest absolute Gasteiger partial charge is 0.224 e. The fourth-order valence-electron chi connectivity index (χ4n) is 3.13. The molecule has 2 fully saturated rings. The number of carbonyl (C=O) groups is 1. The summed E-state index contributed by atoms with van der Waals surface area (Å²) in [5.74, 6) is 0.318. The zero-order valence-corrected chi connectivity index (χ0v) is 10.8. The first kappa shape index (κ1) is 11.7. The standard InChI is InChI=1S/C13H20N4O/c1-16-7-5-10(15-16)9-14-11-8-13(18)17-6-3-2-4-12(11)17/h5,7,11-12,14H,2-4,6,8-9H2,1H3. The van der Waals surface area contributed by atoms with E-state index in [0.717, 1.165) is 31.6 Å². The Morgan fingerprint density at radius 1 is 1.50 bits per heavy atom. The Hall–Kier alpha value is -1.36. The molecule has 1 aromatic heterocycles. The molecular formula is C13H20N4O. The maximum atomic E-state index is 11.9. The number of piperidine rings is 1. The summed E-state index contributed by atoms with van der Waals surface area (Å²) in [6.07, 6.45) is 6.15. The molecule has 0 aromatic carbocycles. The van der Waals surface area contributed by atoms with Crippen LogP contribution in [-0.2, 0) is 18.4 Å². The summed E-state index contributed by atoms with van der Waals surface area (Å²) >= 11 is 0. The summed E-state index contributed by atoms with van der Waals surface area (Å²) in [6, 6.07) is 2.73. The first-order valence-electron chi connectivity index (χ1n) is 6.75. The van der Waals surface area contributed by atoms with Crippen molar-refractivity contribution in [2.75, 3.05) is 6.54 Å². The molecule has 2 unspecified atom stereocenters. The summed E-state index contributed by atoms with van der Waals surface area (Å²) in [4.78, 5) is 14.0. The average Bonchev–Trinajstić information content (AvgIpc) is 2.92. The molecule has 0 aliphatic carbocycles. The molecule has 5 heteroatoms. The van der Waals surface area contributed by atoms with Crippen molar-refractivity contribution in [3.05, 3.63) is 18.0 Å². The van der Waals surface area contributed by atoms with Gasteiger partial charge in [0.2, 0.25) is 5.91 Å². The van der Waals surface area contributed by atoms with Crippen molar-refractivity contribution in [1.82, 2.24) is 20.0 Å². The molecule has 1 N–H and O–H groups in total. The van der Waals surface area contributed by atoms with E-state index in [9.17, 15) is 4.79 Å². The molecule has 0 bridgehead atoms. The van der Waals surface area contributed by atoms with Crippen LogP contribution in [0.15, 0.2) is 12.3 Å². The van der Waals surface area contributed by atoms with E-state index in [1.807, 2.05) is 24.0 Å². The Morgan fingerprint density at radius 3 is 3.17 bits per heavy atom. The Bertz CT molecular complexity index is 442. The highest BCUT2D eigenvalue weighted by molar-refractivity contribution is 5.80. The molecule has 18 heavy (non-hydrogen) atoms. The topological polar surface area (TPSA) is 50.2 Å². The van der Waals surface area contributed by atoms with Gasteiger partial charge < -0.3 is 10.2 Å². The molecule has 0 saturated carbocycles. The monoisotopic (exact) mass is 248 g/mol. The number of nitrogens with one attached hydrogen (secondary N) is 1. The third-order valence-corrected chi connectivity index (χ3v) is 4.04. The molecule has 5 nitrogen and oxygen atoms in total. The fourth-order valence-corrected chi connectivity index (χ4v) is 3.13. The molecule has 1 amide bonds. The average molecular weight is 248 g/mol. The zero-order valence-electron chi connectivity index (χ0n) is 10.8. The SMILES string of the molecule is Cn1ccc(CNC2CC(=O)N3CCCCC23)n1. The number of hydrogen-bond donors (Lipinski definition) is 1. The van der Waals surface area contributed by atoms with Crippen molar-refractivity contribution in [1.29, 1.82) is 0 Å². The minimum absolute atomic E-state index is 0.305. The highest BCUT2D eigenvalue weighted by Gasteiger charge is 2.40. The van der Waals surface area contributed by atoms with Crippen LogP contribution in [-0.4, -0.2) is 39.2 Å². The molecule has 3 heterocycles. The summed E-state index contributed by atoms with van der Waals surface area (Å²) in [6.45, 7) is 1.70. The lowest BCUT2D eigenvalue weighted by molar-refractivity contribution is -0.129. The van der Waals surface area contributed by atoms with Gasteiger partial charge in [-0.05, 0) is 25.3 Å². The minimum Gasteiger partial charge on any atom is -0.338 e. The molecule has 2 atom stereocenters. The Morgan fingerprint density at radius 2 is 2.39 bits per heavy atom. The molecule has 98 valence electrons. The van der Waals surface area contributed by atoms with Gasteiger partial charge in [0.25, 0.3) is 0 Å². The lowest BCUT2D eigenvalue weighted by Crippen LogP contribution is -2.45. The van der Waals surface area contributed by atoms with Crippen LogP contribution in [0, 0.1) is 0 Å². The van der Waals surface area contributed by atoms with E-state index in [1.54, 1.807) is 0 Å². The summed E-state index contributed by atoms with van der Waals surface area (Å²) in [5, 5.41) is 7.85. The van der Waals surface area contributed by atoms with E-state index in [1.165, 1.54) is 6.42 Å². The molecule has 3 rings (SSSR count). The summed E-state index contributed by atoms with van der Waals surface area (Å²) in [7, 11) is 1.92. The Balaban J connectivity index is 1.61. The van der Waals surface area contributed by atoms with Gasteiger partial charge in [-0.3, -0.25) is 9.48 Å². The largest absolute Gasteiger partial charge is 0.338 e. The number of fused-ring (bicyclic) bond motifs is 1. The number of nitrogens with zero attached hydrogens (tertiary/aromatic N) is 3. The number of rotatable bonds is 3. The number of aromatic nitrogens is 2. The molecule has 1 aromatic rings. The lowest BCUT2D eigenvalue weighted by Gasteiger charge is -2.32. The number of aryl methyl sites for hydroxylation is 1. The van der Waals surface area contributed by atoms with Crippen LogP contribution in [0.25, 0.3) is 0 Å². The van der Waals surface area contributed by atoms with E-state index in [4.69, 9.17) is 0 Å². The van der Waals surface area contributed by atoms with Crippen molar-refractivity contribution in [3.8, 4) is 0 Å². The maximum Gasteiger partial charge on any atom is 0.224 e. The van der Waals surface area contributed by atoms with E-state index in [2.05, 4.69) is 15.3 Å². The van der Waals surface area contributed by atoms with E-state index >= 15 is 0 Å². The highest BCUT2D eigenvalue weighted by atomic mass is 16.2. The van der Waals surface area contributed by atoms with Crippen molar-refractivity contribution in [2.24, 2.45) is 7.05 Å². The quantitative estimate of drug-likeness (QED) is 0.855. The predicted octanol–water partition coefficient (Wildman–Crippen LogP) is 0.663. The minimum atomic E-state index is 0.305. The van der Waals surface area contributed by atoms with Gasteiger partial charge in [0, 0.05) is 44.8 Å². The van der Waals surface area contributed by atoms with Crippen LogP contribution < -0.4 is 5.32 Å². The molecule has 2 saturated heterocycles. The van der Waals surface area contributed by atoms with Gasteiger partial charge in [-0.25, -0.2) is 0 Å². The zero-order chi connectivity index (χ0) is 12.5. The van der Waals surface area contributed by atoms with Gasteiger partial charge >= 0.3 is 0 Å². The van der Waals surface area contributed by atoms with Crippen molar-refractivity contribution in [3.63, 3.8) is 0 Å². The highest BCUT2D eigenvalue weighted by Crippen LogP contribution is 2.28. The van der Waals surface area contributed by atoms with Crippen LogP contribution in [0.5, 0.6) is 0 Å². The maximum absolute atomic E-state index is 11.9. The Labute approximate surface area is 107 Å². The molecule has 0 spiro atoms. The van der Waals surface area contributed by atoms with Crippen molar-refractivity contribution >= 4 is 5.91 Å². The third kappa shape index (κ3) is 2.14. The van der Waals surface area contributed by atoms with Gasteiger partial charge in [-0.15, -0.1) is 0 Å². The number of carbonyl (C=O) groups excluding carboxylic acids is 1. The van der Waals surface area contributed by atoms with Crippen molar-refractivity contribution < 1.29 is 4.79 Å². The second-order valence-corrected chi connectivity index (χ2v) is 5.32. The van der Waals surface area contributed by atoms with Crippen molar-refractivity contribution in [2.45, 2.75) is 44.3 Å². The predicted molar refractivity (Wildman–Crippen MR) is 67.8 cm³/mol. The van der Waals surface area contributed by atoms with E-state index in [-0.39, 0.29) is 0 Å². The van der Waals surface area contributed by atoms with Crippen LogP contribution in [0.1, 0.15) is 31.4 Å². The van der Waals surface area contributed by atoms with Gasteiger partial charge in [0.15, 0.2) is 0 Å². The third-order valence-electron chi connectivity index (χ3n) is 4.04. The van der Waals surface area contributed by atoms with Crippen LogP contribution >= 0.6 is 0 Å². The fraction of sp³-hybridized carbons (Fsp3) is 0.692. The second kappa shape index (κ2) is 4.72. The van der Waals surface area contributed by atoms with Crippen LogP contribution in [0.3, 0.4) is 0 Å². The second-order valence-electron chi connectivity index (χ2n) is 5.32. The van der Waals surface area contributed by atoms with Crippen LogP contribution in [0.2, 0.25) is 0 Å². The number of hydrogen-bond acceptors (Lipinski definition) is 3. The first-order chi connectivity index (χ1) is 8.74. The van der Waals surface area contributed by atoms with Gasteiger partial charge in [0.1, 0.15) is 0 Å². The summed E-state index contributed by atoms with van der Waals surface area (Å²) in [5.41, 5.74) is 1.04. The molecule has 2 aliphatic rings. The molecule has 0 radical (unpaired) electrons. The van der Waals surface area contributed by atoms with Gasteiger partial charge in [-0.1, -0.05) is 0 Å².